The molecule has 23 heavy (non-hydrogen) atoms. The van der Waals surface area contributed by atoms with E-state index in [2.05, 4.69) is 20.3 Å². The predicted molar refractivity (Wildman–Crippen MR) is 87.3 cm³/mol. The number of hydrogen-bond acceptors (Lipinski definition) is 4. The summed E-state index contributed by atoms with van der Waals surface area (Å²) in [7, 11) is 0. The maximum atomic E-state index is 14.1. The first-order chi connectivity index (χ1) is 11.3. The summed E-state index contributed by atoms with van der Waals surface area (Å²) in [5, 5.41) is 3.37. The molecule has 0 aliphatic heterocycles. The lowest BCUT2D eigenvalue weighted by Gasteiger charge is -2.10. The van der Waals surface area contributed by atoms with Crippen LogP contribution in [0.1, 0.15) is 12.8 Å². The van der Waals surface area contributed by atoms with Crippen molar-refractivity contribution in [1.82, 2.24) is 15.0 Å². The van der Waals surface area contributed by atoms with Crippen molar-refractivity contribution in [3.8, 4) is 22.6 Å². The van der Waals surface area contributed by atoms with Gasteiger partial charge >= 0.3 is 0 Å². The van der Waals surface area contributed by atoms with Gasteiger partial charge in [0.25, 0.3) is 0 Å². The topological polar surface area (TPSA) is 50.7 Å². The van der Waals surface area contributed by atoms with Crippen LogP contribution < -0.4 is 5.32 Å². The van der Waals surface area contributed by atoms with Gasteiger partial charge in [-0.05, 0) is 37.1 Å². The Morgan fingerprint density at radius 3 is 2.52 bits per heavy atom. The van der Waals surface area contributed by atoms with Crippen molar-refractivity contribution in [1.29, 1.82) is 0 Å². The van der Waals surface area contributed by atoms with Crippen LogP contribution in [0, 0.1) is 5.82 Å². The molecule has 0 bridgehead atoms. The fraction of sp³-hybridized carbons (Fsp3) is 0.167. The molecule has 0 unspecified atom stereocenters. The Balaban J connectivity index is 1.83. The summed E-state index contributed by atoms with van der Waals surface area (Å²) in [5.41, 5.74) is 1.91. The van der Waals surface area contributed by atoms with E-state index in [9.17, 15) is 4.39 Å². The van der Waals surface area contributed by atoms with E-state index in [0.717, 1.165) is 24.2 Å². The molecule has 0 amide bonds. The number of halogens is 1. The molecular formula is C18H15FN4. The Hall–Kier alpha value is -2.82. The van der Waals surface area contributed by atoms with Gasteiger partial charge in [0.2, 0.25) is 0 Å². The van der Waals surface area contributed by atoms with Crippen molar-refractivity contribution in [2.24, 2.45) is 0 Å². The zero-order valence-electron chi connectivity index (χ0n) is 12.4. The molecule has 0 spiro atoms. The van der Waals surface area contributed by atoms with E-state index in [1.807, 2.05) is 12.1 Å². The van der Waals surface area contributed by atoms with Gasteiger partial charge in [-0.2, -0.15) is 0 Å². The van der Waals surface area contributed by atoms with E-state index in [0.29, 0.717) is 23.1 Å². The first kappa shape index (κ1) is 13.8. The molecule has 2 aromatic heterocycles. The predicted octanol–water partition coefficient (Wildman–Crippen LogP) is 3.92. The number of nitrogens with one attached hydrogen (secondary N) is 1. The first-order valence-corrected chi connectivity index (χ1v) is 7.60. The van der Waals surface area contributed by atoms with Gasteiger partial charge < -0.3 is 5.32 Å². The van der Waals surface area contributed by atoms with E-state index < -0.39 is 0 Å². The second-order valence-corrected chi connectivity index (χ2v) is 5.60. The van der Waals surface area contributed by atoms with Crippen LogP contribution in [0.3, 0.4) is 0 Å². The molecule has 5 heteroatoms. The van der Waals surface area contributed by atoms with Gasteiger partial charge in [0.1, 0.15) is 11.6 Å². The zero-order chi connectivity index (χ0) is 15.6. The second-order valence-electron chi connectivity index (χ2n) is 5.60. The third-order valence-corrected chi connectivity index (χ3v) is 3.74. The molecular weight excluding hydrogens is 291 g/mol. The minimum atomic E-state index is -0.288. The number of rotatable bonds is 4. The molecule has 1 fully saturated rings. The second kappa shape index (κ2) is 5.76. The van der Waals surface area contributed by atoms with Crippen molar-refractivity contribution < 1.29 is 4.39 Å². The summed E-state index contributed by atoms with van der Waals surface area (Å²) in [6.45, 7) is 0. The molecule has 1 N–H and O–H groups in total. The molecule has 1 aromatic carbocycles. The molecule has 0 saturated heterocycles. The Morgan fingerprint density at radius 2 is 1.78 bits per heavy atom. The molecule has 4 nitrogen and oxygen atoms in total. The van der Waals surface area contributed by atoms with E-state index in [1.54, 1.807) is 36.7 Å². The lowest BCUT2D eigenvalue weighted by atomic mass is 10.1. The van der Waals surface area contributed by atoms with Crippen molar-refractivity contribution in [2.45, 2.75) is 18.9 Å². The number of benzene rings is 1. The van der Waals surface area contributed by atoms with Crippen LogP contribution in [-0.2, 0) is 0 Å². The third-order valence-electron chi connectivity index (χ3n) is 3.74. The van der Waals surface area contributed by atoms with E-state index in [-0.39, 0.29) is 5.82 Å². The quantitative estimate of drug-likeness (QED) is 0.794. The molecule has 0 atom stereocenters. The average Bonchev–Trinajstić information content (AvgIpc) is 3.40. The highest BCUT2D eigenvalue weighted by atomic mass is 19.1. The molecule has 1 aliphatic rings. The maximum absolute atomic E-state index is 14.1. The molecule has 114 valence electrons. The summed E-state index contributed by atoms with van der Waals surface area (Å²) >= 11 is 0. The number of hydrogen-bond donors (Lipinski definition) is 1. The van der Waals surface area contributed by atoms with Gasteiger partial charge in [-0.3, -0.25) is 4.98 Å². The maximum Gasteiger partial charge on any atom is 0.162 e. The monoisotopic (exact) mass is 306 g/mol. The number of aromatic nitrogens is 3. The highest BCUT2D eigenvalue weighted by molar-refractivity contribution is 5.68. The van der Waals surface area contributed by atoms with Gasteiger partial charge in [0.15, 0.2) is 5.82 Å². The third kappa shape index (κ3) is 3.04. The molecule has 1 aliphatic carbocycles. The Kier molecular flexibility index (Phi) is 3.46. The van der Waals surface area contributed by atoms with Crippen LogP contribution in [0.25, 0.3) is 22.6 Å². The molecule has 4 rings (SSSR count). The van der Waals surface area contributed by atoms with Crippen LogP contribution in [0.4, 0.5) is 10.2 Å². The Labute approximate surface area is 133 Å². The van der Waals surface area contributed by atoms with Crippen LogP contribution in [0.2, 0.25) is 0 Å². The van der Waals surface area contributed by atoms with Gasteiger partial charge in [-0.15, -0.1) is 0 Å². The lowest BCUT2D eigenvalue weighted by Crippen LogP contribution is -2.05. The van der Waals surface area contributed by atoms with Crippen molar-refractivity contribution in [2.75, 3.05) is 5.32 Å². The Morgan fingerprint density at radius 1 is 1.00 bits per heavy atom. The van der Waals surface area contributed by atoms with Crippen LogP contribution >= 0.6 is 0 Å². The minimum Gasteiger partial charge on any atom is -0.367 e. The fourth-order valence-electron chi connectivity index (χ4n) is 2.39. The number of nitrogens with zero attached hydrogens (tertiary/aromatic N) is 3. The summed E-state index contributed by atoms with van der Waals surface area (Å²) in [5.74, 6) is 1.01. The van der Waals surface area contributed by atoms with E-state index in [4.69, 9.17) is 0 Å². The normalized spacial score (nSPS) is 13.8. The average molecular weight is 306 g/mol. The van der Waals surface area contributed by atoms with Gasteiger partial charge in [-0.25, -0.2) is 14.4 Å². The highest BCUT2D eigenvalue weighted by Gasteiger charge is 2.22. The molecule has 2 heterocycles. The summed E-state index contributed by atoms with van der Waals surface area (Å²) in [6, 6.07) is 12.6. The smallest absolute Gasteiger partial charge is 0.162 e. The van der Waals surface area contributed by atoms with Crippen LogP contribution in [-0.4, -0.2) is 21.0 Å². The lowest BCUT2D eigenvalue weighted by molar-refractivity contribution is 0.630. The van der Waals surface area contributed by atoms with Gasteiger partial charge in [0, 0.05) is 35.6 Å². The molecule has 0 radical (unpaired) electrons. The molecule has 1 saturated carbocycles. The van der Waals surface area contributed by atoms with E-state index in [1.165, 1.54) is 6.07 Å². The van der Waals surface area contributed by atoms with Gasteiger partial charge in [-0.1, -0.05) is 12.1 Å². The molecule has 3 aromatic rings. The van der Waals surface area contributed by atoms with Gasteiger partial charge in [0.05, 0.1) is 5.69 Å². The summed E-state index contributed by atoms with van der Waals surface area (Å²) in [6.07, 6.45) is 5.68. The van der Waals surface area contributed by atoms with Crippen molar-refractivity contribution in [3.05, 3.63) is 60.7 Å². The summed E-state index contributed by atoms with van der Waals surface area (Å²) in [4.78, 5) is 13.1. The minimum absolute atomic E-state index is 0.288. The van der Waals surface area contributed by atoms with Crippen molar-refractivity contribution >= 4 is 5.82 Å². The van der Waals surface area contributed by atoms with Crippen LogP contribution in [0.15, 0.2) is 54.9 Å². The number of anilines is 1. The van der Waals surface area contributed by atoms with Crippen LogP contribution in [0.5, 0.6) is 0 Å². The Bertz CT molecular complexity index is 831. The first-order valence-electron chi connectivity index (χ1n) is 7.60. The SMILES string of the molecule is Fc1ccccc1-c1cc(NC2CC2)nc(-c2ccncc2)n1. The highest BCUT2D eigenvalue weighted by Crippen LogP contribution is 2.29. The largest absolute Gasteiger partial charge is 0.367 e. The fourth-order valence-corrected chi connectivity index (χ4v) is 2.39. The van der Waals surface area contributed by atoms with E-state index >= 15 is 0 Å². The standard InChI is InChI=1S/C18H15FN4/c19-15-4-2-1-3-14(15)16-11-17(21-13-5-6-13)23-18(22-16)12-7-9-20-10-8-12/h1-4,7-11,13H,5-6H2,(H,21,22,23). The zero-order valence-corrected chi connectivity index (χ0v) is 12.4. The van der Waals surface area contributed by atoms with Crippen molar-refractivity contribution in [3.63, 3.8) is 0 Å². The number of pyridine rings is 1. The summed E-state index contributed by atoms with van der Waals surface area (Å²) < 4.78 is 14.1.